The molecule has 0 unspecified atom stereocenters. The van der Waals surface area contributed by atoms with Crippen LogP contribution in [0.2, 0.25) is 0 Å². The van der Waals surface area contributed by atoms with Gasteiger partial charge in [-0.25, -0.2) is 8.42 Å². The van der Waals surface area contributed by atoms with E-state index in [4.69, 9.17) is 17.0 Å². The molecule has 190 valence electrons. The molecule has 2 aromatic carbocycles. The van der Waals surface area contributed by atoms with Crippen LogP contribution in [-0.2, 0) is 10.0 Å². The Balaban J connectivity index is 1.59. The fourth-order valence-electron chi connectivity index (χ4n) is 3.81. The van der Waals surface area contributed by atoms with Gasteiger partial charge in [0.25, 0.3) is 5.91 Å². The maximum absolute atomic E-state index is 12.9. The van der Waals surface area contributed by atoms with Gasteiger partial charge in [0.05, 0.1) is 17.1 Å². The standard InChI is InChI=1S/C25H32BrN3O4S2/c1-2-3-4-8-17-33-23-14-9-19(26)18-22(23)24(30)28-25(34)27-20-10-12-21(13-11-20)35(31,32)29-15-6-5-7-16-29/h9-14,18H,2-8,15-17H2,1H3,(H2,27,28,30,34). The van der Waals surface area contributed by atoms with Gasteiger partial charge in [0, 0.05) is 23.2 Å². The zero-order valence-electron chi connectivity index (χ0n) is 19.9. The predicted octanol–water partition coefficient (Wildman–Crippen LogP) is 5.71. The van der Waals surface area contributed by atoms with Crippen molar-refractivity contribution in [2.75, 3.05) is 25.0 Å². The van der Waals surface area contributed by atoms with Gasteiger partial charge in [0.1, 0.15) is 5.75 Å². The Morgan fingerprint density at radius 1 is 1.06 bits per heavy atom. The summed E-state index contributed by atoms with van der Waals surface area (Å²) in [6, 6.07) is 11.7. The molecule has 1 aliphatic rings. The second-order valence-corrected chi connectivity index (χ2v) is 11.7. The number of nitrogens with one attached hydrogen (secondary N) is 2. The molecule has 1 amide bonds. The molecule has 2 N–H and O–H groups in total. The van der Waals surface area contributed by atoms with E-state index >= 15 is 0 Å². The molecule has 10 heteroatoms. The molecule has 0 aliphatic carbocycles. The zero-order chi connectivity index (χ0) is 25.3. The summed E-state index contributed by atoms with van der Waals surface area (Å²) in [5, 5.41) is 5.72. The fraction of sp³-hybridized carbons (Fsp3) is 0.440. The highest BCUT2D eigenvalue weighted by Crippen LogP contribution is 2.24. The average molecular weight is 583 g/mol. The van der Waals surface area contributed by atoms with E-state index in [-0.39, 0.29) is 10.0 Å². The molecule has 0 saturated carbocycles. The van der Waals surface area contributed by atoms with Gasteiger partial charge in [-0.15, -0.1) is 0 Å². The Morgan fingerprint density at radius 2 is 1.77 bits per heavy atom. The topological polar surface area (TPSA) is 87.7 Å². The first-order valence-electron chi connectivity index (χ1n) is 12.0. The van der Waals surface area contributed by atoms with Crippen LogP contribution in [0.15, 0.2) is 51.8 Å². The molecule has 1 heterocycles. The van der Waals surface area contributed by atoms with Crippen molar-refractivity contribution in [2.45, 2.75) is 56.8 Å². The fourth-order valence-corrected chi connectivity index (χ4v) is 5.90. The van der Waals surface area contributed by atoms with Gasteiger partial charge in [0.2, 0.25) is 10.0 Å². The molecule has 7 nitrogen and oxygen atoms in total. The van der Waals surface area contributed by atoms with Crippen molar-refractivity contribution in [3.05, 3.63) is 52.5 Å². The molecule has 0 aromatic heterocycles. The number of thiocarbonyl (C=S) groups is 1. The molecule has 1 fully saturated rings. The second-order valence-electron chi connectivity index (χ2n) is 8.45. The van der Waals surface area contributed by atoms with Crippen LogP contribution in [-0.4, -0.2) is 43.4 Å². The van der Waals surface area contributed by atoms with E-state index in [1.807, 2.05) is 6.07 Å². The van der Waals surface area contributed by atoms with Crippen molar-refractivity contribution < 1.29 is 17.9 Å². The molecule has 2 aromatic rings. The number of nitrogens with zero attached hydrogens (tertiary/aromatic N) is 1. The van der Waals surface area contributed by atoms with Crippen molar-refractivity contribution in [2.24, 2.45) is 0 Å². The molecule has 1 aliphatic heterocycles. The van der Waals surface area contributed by atoms with Gasteiger partial charge in [-0.05, 0) is 73.9 Å². The number of halogens is 1. The van der Waals surface area contributed by atoms with Crippen LogP contribution in [0, 0.1) is 0 Å². The van der Waals surface area contributed by atoms with Gasteiger partial charge in [-0.3, -0.25) is 10.1 Å². The van der Waals surface area contributed by atoms with Crippen LogP contribution in [0.1, 0.15) is 62.2 Å². The molecule has 1 saturated heterocycles. The Labute approximate surface area is 221 Å². The highest BCUT2D eigenvalue weighted by Gasteiger charge is 2.25. The number of hydrogen-bond acceptors (Lipinski definition) is 5. The summed E-state index contributed by atoms with van der Waals surface area (Å²) in [5.74, 6) is 0.105. The summed E-state index contributed by atoms with van der Waals surface area (Å²) < 4.78 is 33.8. The third kappa shape index (κ3) is 7.99. The number of carbonyl (C=O) groups is 1. The third-order valence-electron chi connectivity index (χ3n) is 5.73. The Morgan fingerprint density at radius 3 is 2.46 bits per heavy atom. The molecular weight excluding hydrogens is 550 g/mol. The Bertz CT molecular complexity index is 1120. The smallest absolute Gasteiger partial charge is 0.261 e. The number of anilines is 1. The van der Waals surface area contributed by atoms with Crippen LogP contribution in [0.5, 0.6) is 5.75 Å². The minimum absolute atomic E-state index is 0.107. The lowest BCUT2D eigenvalue weighted by molar-refractivity contribution is 0.0973. The maximum Gasteiger partial charge on any atom is 0.261 e. The van der Waals surface area contributed by atoms with E-state index in [1.165, 1.54) is 4.31 Å². The van der Waals surface area contributed by atoms with Crippen molar-refractivity contribution >= 4 is 54.9 Å². The van der Waals surface area contributed by atoms with E-state index in [2.05, 4.69) is 33.5 Å². The third-order valence-corrected chi connectivity index (χ3v) is 8.34. The minimum atomic E-state index is -3.50. The normalized spacial score (nSPS) is 14.3. The minimum Gasteiger partial charge on any atom is -0.493 e. The van der Waals surface area contributed by atoms with E-state index in [1.54, 1.807) is 36.4 Å². The summed E-state index contributed by atoms with van der Waals surface area (Å²) in [4.78, 5) is 13.1. The van der Waals surface area contributed by atoms with Gasteiger partial charge >= 0.3 is 0 Å². The summed E-state index contributed by atoms with van der Waals surface area (Å²) in [7, 11) is -3.50. The van der Waals surface area contributed by atoms with E-state index < -0.39 is 15.9 Å². The number of unbranched alkanes of at least 4 members (excludes halogenated alkanes) is 3. The van der Waals surface area contributed by atoms with Crippen LogP contribution >= 0.6 is 28.1 Å². The summed E-state index contributed by atoms with van der Waals surface area (Å²) in [5.41, 5.74) is 0.955. The quantitative estimate of drug-likeness (QED) is 0.276. The average Bonchev–Trinajstić information content (AvgIpc) is 2.85. The van der Waals surface area contributed by atoms with Gasteiger partial charge in [-0.1, -0.05) is 48.5 Å². The molecule has 0 atom stereocenters. The molecule has 35 heavy (non-hydrogen) atoms. The number of piperidine rings is 1. The molecular formula is C25H32BrN3O4S2. The summed E-state index contributed by atoms with van der Waals surface area (Å²) >= 11 is 8.71. The van der Waals surface area contributed by atoms with E-state index in [0.717, 1.165) is 49.4 Å². The highest BCUT2D eigenvalue weighted by atomic mass is 79.9. The largest absolute Gasteiger partial charge is 0.493 e. The van der Waals surface area contributed by atoms with Crippen LogP contribution in [0.25, 0.3) is 0 Å². The summed E-state index contributed by atoms with van der Waals surface area (Å²) in [6.07, 6.45) is 7.14. The first kappa shape index (κ1) is 27.6. The number of benzene rings is 2. The zero-order valence-corrected chi connectivity index (χ0v) is 23.1. The number of hydrogen-bond donors (Lipinski definition) is 2. The van der Waals surface area contributed by atoms with Crippen molar-refractivity contribution in [1.82, 2.24) is 9.62 Å². The lowest BCUT2D eigenvalue weighted by Crippen LogP contribution is -2.35. The van der Waals surface area contributed by atoms with Crippen LogP contribution < -0.4 is 15.4 Å². The second kappa shape index (κ2) is 13.3. The van der Waals surface area contributed by atoms with Crippen LogP contribution in [0.4, 0.5) is 5.69 Å². The Kier molecular flexibility index (Phi) is 10.5. The monoisotopic (exact) mass is 581 g/mol. The number of ether oxygens (including phenoxy) is 1. The summed E-state index contributed by atoms with van der Waals surface area (Å²) in [6.45, 7) is 3.80. The first-order chi connectivity index (χ1) is 16.8. The van der Waals surface area contributed by atoms with Gasteiger partial charge in [-0.2, -0.15) is 4.31 Å². The van der Waals surface area contributed by atoms with E-state index in [9.17, 15) is 13.2 Å². The van der Waals surface area contributed by atoms with Crippen molar-refractivity contribution in [3.63, 3.8) is 0 Å². The van der Waals surface area contributed by atoms with Gasteiger partial charge < -0.3 is 10.1 Å². The van der Waals surface area contributed by atoms with E-state index in [0.29, 0.717) is 36.7 Å². The number of sulfonamides is 1. The molecule has 0 bridgehead atoms. The first-order valence-corrected chi connectivity index (χ1v) is 14.6. The predicted molar refractivity (Wildman–Crippen MR) is 147 cm³/mol. The SMILES string of the molecule is CCCCCCOc1ccc(Br)cc1C(=O)NC(=S)Nc1ccc(S(=O)(=O)N2CCCCC2)cc1. The number of rotatable bonds is 10. The Hall–Kier alpha value is -2.01. The van der Waals surface area contributed by atoms with Crippen molar-refractivity contribution in [3.8, 4) is 5.75 Å². The number of amides is 1. The molecule has 0 spiro atoms. The molecule has 0 radical (unpaired) electrons. The number of carbonyl (C=O) groups excluding carboxylic acids is 1. The lowest BCUT2D eigenvalue weighted by atomic mass is 10.2. The van der Waals surface area contributed by atoms with Crippen LogP contribution in [0.3, 0.4) is 0 Å². The highest BCUT2D eigenvalue weighted by molar-refractivity contribution is 9.10. The van der Waals surface area contributed by atoms with Gasteiger partial charge in [0.15, 0.2) is 5.11 Å². The molecule has 3 rings (SSSR count). The van der Waals surface area contributed by atoms with Crippen molar-refractivity contribution in [1.29, 1.82) is 0 Å². The lowest BCUT2D eigenvalue weighted by Gasteiger charge is -2.25. The maximum atomic E-state index is 12.9.